The van der Waals surface area contributed by atoms with Crippen molar-refractivity contribution in [3.63, 3.8) is 0 Å². The summed E-state index contributed by atoms with van der Waals surface area (Å²) in [7, 11) is 0. The van der Waals surface area contributed by atoms with Crippen LogP contribution in [0.2, 0.25) is 0 Å². The van der Waals surface area contributed by atoms with E-state index in [1.54, 1.807) is 0 Å². The van der Waals surface area contributed by atoms with Crippen molar-refractivity contribution in [2.45, 2.75) is 39.5 Å². The summed E-state index contributed by atoms with van der Waals surface area (Å²) in [5, 5.41) is 0. The Balaban J connectivity index is 0.000000354. The molecule has 4 heteroatoms. The number of hydrogen-bond acceptors (Lipinski definition) is 2. The Bertz CT molecular complexity index is 124. The third-order valence-electron chi connectivity index (χ3n) is 1.53. The molecule has 0 spiro atoms. The minimum absolute atomic E-state index is 0.718. The Hall–Kier alpha value is 0.0700. The first-order valence-corrected chi connectivity index (χ1v) is 5.59. The smallest absolute Gasteiger partial charge is 0.0209 e. The summed E-state index contributed by atoms with van der Waals surface area (Å²) in [5.74, 6) is 0. The number of hydrogen-bond donors (Lipinski definition) is 0. The Morgan fingerprint density at radius 2 is 1.67 bits per heavy atom. The molecule has 1 aliphatic rings. The second kappa shape index (κ2) is 7.71. The van der Waals surface area contributed by atoms with Crippen molar-refractivity contribution in [3.8, 4) is 0 Å². The maximum absolute atomic E-state index is 10.3. The molecule has 0 radical (unpaired) electrons. The fourth-order valence-corrected chi connectivity index (χ4v) is 1.57. The van der Waals surface area contributed by atoms with Crippen LogP contribution in [-0.2, 0) is 11.3 Å². The number of nitrogens with zero attached hydrogens (tertiary/aromatic N) is 1. The van der Waals surface area contributed by atoms with Gasteiger partial charge in [-0.3, -0.25) is 4.21 Å². The molecule has 0 N–H and O–H groups in total. The summed E-state index contributed by atoms with van der Waals surface area (Å²) >= 11 is -1.97. The number of piperidine rings is 1. The monoisotopic (exact) mass is 192 g/mol. The molecular weight excluding hydrogens is 174 g/mol. The number of rotatable bonds is 1. The van der Waals surface area contributed by atoms with Gasteiger partial charge in [0.15, 0.2) is 0 Å². The van der Waals surface area contributed by atoms with E-state index >= 15 is 0 Å². The maximum Gasteiger partial charge on any atom is 0.0209 e. The summed E-state index contributed by atoms with van der Waals surface area (Å²) in [4.78, 5) is 0. The highest BCUT2D eigenvalue weighted by Gasteiger charge is 2.08. The zero-order chi connectivity index (χ0) is 9.40. The molecule has 0 amide bonds. The second-order valence-electron chi connectivity index (χ2n) is 2.91. The predicted octanol–water partition coefficient (Wildman–Crippen LogP) is 1.68. The van der Waals surface area contributed by atoms with Gasteiger partial charge in [-0.05, 0) is 12.8 Å². The molecule has 0 aromatic heterocycles. The van der Waals surface area contributed by atoms with Crippen LogP contribution in [0.15, 0.2) is 0 Å². The molecule has 1 aliphatic heterocycles. The van der Waals surface area contributed by atoms with Crippen LogP contribution >= 0.6 is 0 Å². The summed E-state index contributed by atoms with van der Waals surface area (Å²) in [5.41, 5.74) is 0. The molecular formula is C8H18NO2S-. The van der Waals surface area contributed by atoms with Crippen molar-refractivity contribution in [1.29, 1.82) is 0 Å². The van der Waals surface area contributed by atoms with Crippen LogP contribution < -0.4 is 0 Å². The van der Waals surface area contributed by atoms with Gasteiger partial charge < -0.3 is 4.55 Å². The Labute approximate surface area is 77.6 Å². The average Bonchev–Trinajstić information content (AvgIpc) is 2.07. The summed E-state index contributed by atoms with van der Waals surface area (Å²) in [6.45, 7) is 5.69. The van der Waals surface area contributed by atoms with Crippen LogP contribution in [0.5, 0.6) is 0 Å². The van der Waals surface area contributed by atoms with E-state index in [-0.39, 0.29) is 0 Å². The van der Waals surface area contributed by atoms with Crippen LogP contribution in [0.25, 0.3) is 0 Å². The summed E-state index contributed by atoms with van der Waals surface area (Å²) in [6.07, 6.45) is 4.47. The van der Waals surface area contributed by atoms with Gasteiger partial charge in [-0.25, -0.2) is 4.31 Å². The van der Waals surface area contributed by atoms with E-state index in [1.165, 1.54) is 17.1 Å². The van der Waals surface area contributed by atoms with E-state index in [9.17, 15) is 8.76 Å². The highest BCUT2D eigenvalue weighted by atomic mass is 32.2. The van der Waals surface area contributed by atoms with Crippen LogP contribution in [0.3, 0.4) is 0 Å². The van der Waals surface area contributed by atoms with Crippen LogP contribution in [0, 0.1) is 0 Å². The topological polar surface area (TPSA) is 43.4 Å². The van der Waals surface area contributed by atoms with Gasteiger partial charge in [-0.1, -0.05) is 26.7 Å². The first-order valence-electron chi connectivity index (χ1n) is 4.56. The molecule has 1 atom stereocenters. The van der Waals surface area contributed by atoms with E-state index in [0.717, 1.165) is 25.9 Å². The Morgan fingerprint density at radius 3 is 1.92 bits per heavy atom. The lowest BCUT2D eigenvalue weighted by Gasteiger charge is -2.27. The van der Waals surface area contributed by atoms with E-state index in [4.69, 9.17) is 0 Å². The first-order chi connectivity index (χ1) is 5.72. The van der Waals surface area contributed by atoms with Crippen molar-refractivity contribution in [2.24, 2.45) is 0 Å². The van der Waals surface area contributed by atoms with Crippen LogP contribution in [0.4, 0.5) is 0 Å². The van der Waals surface area contributed by atoms with Crippen molar-refractivity contribution in [2.75, 3.05) is 13.1 Å². The van der Waals surface area contributed by atoms with Gasteiger partial charge in [-0.15, -0.1) is 0 Å². The Morgan fingerprint density at radius 1 is 1.25 bits per heavy atom. The summed E-state index contributed by atoms with van der Waals surface area (Å²) in [6, 6.07) is 0. The fourth-order valence-electron chi connectivity index (χ4n) is 1.01. The second-order valence-corrected chi connectivity index (χ2v) is 3.86. The lowest BCUT2D eigenvalue weighted by atomic mass is 10.2. The zero-order valence-corrected chi connectivity index (χ0v) is 8.73. The average molecular weight is 192 g/mol. The molecule has 0 bridgehead atoms. The normalized spacial score (nSPS) is 20.9. The van der Waals surface area contributed by atoms with Crippen molar-refractivity contribution < 1.29 is 8.76 Å². The van der Waals surface area contributed by atoms with Gasteiger partial charge in [0.05, 0.1) is 0 Å². The molecule has 12 heavy (non-hydrogen) atoms. The Kier molecular flexibility index (Phi) is 7.75. The zero-order valence-electron chi connectivity index (χ0n) is 7.91. The molecule has 0 aliphatic carbocycles. The lowest BCUT2D eigenvalue weighted by molar-refractivity contribution is 0.333. The van der Waals surface area contributed by atoms with Gasteiger partial charge in [0, 0.05) is 24.4 Å². The highest BCUT2D eigenvalue weighted by molar-refractivity contribution is 7.76. The van der Waals surface area contributed by atoms with Gasteiger partial charge in [0.25, 0.3) is 0 Å². The molecule has 0 aromatic rings. The molecule has 74 valence electrons. The van der Waals surface area contributed by atoms with E-state index in [0.29, 0.717) is 0 Å². The third-order valence-corrected chi connectivity index (χ3v) is 2.31. The molecule has 1 rings (SSSR count). The molecule has 0 aromatic carbocycles. The molecule has 1 heterocycles. The van der Waals surface area contributed by atoms with Crippen molar-refractivity contribution in [1.82, 2.24) is 4.31 Å². The third kappa shape index (κ3) is 5.69. The van der Waals surface area contributed by atoms with Crippen LogP contribution in [0.1, 0.15) is 39.5 Å². The largest absolute Gasteiger partial charge is 0.760 e. The van der Waals surface area contributed by atoms with Gasteiger partial charge in [0.2, 0.25) is 0 Å². The first kappa shape index (κ1) is 12.1. The highest BCUT2D eigenvalue weighted by Crippen LogP contribution is 2.08. The minimum Gasteiger partial charge on any atom is -0.760 e. The predicted molar refractivity (Wildman–Crippen MR) is 50.3 cm³/mol. The molecule has 1 fully saturated rings. The molecule has 1 saturated heterocycles. The molecule has 1 unspecified atom stereocenters. The van der Waals surface area contributed by atoms with E-state index < -0.39 is 11.3 Å². The standard InChI is InChI=1S/C5H11NO2S.C3H8/c7-9(8)6-4-2-1-3-5-6;1-3-2/h1-5H2,(H,7,8);3H2,1-2H3/p-1. The maximum atomic E-state index is 10.3. The van der Waals surface area contributed by atoms with Gasteiger partial charge in [0.1, 0.15) is 0 Å². The molecule has 0 saturated carbocycles. The van der Waals surface area contributed by atoms with Crippen LogP contribution in [-0.4, -0.2) is 26.2 Å². The fraction of sp³-hybridized carbons (Fsp3) is 1.00. The van der Waals surface area contributed by atoms with E-state index in [1.807, 2.05) is 0 Å². The van der Waals surface area contributed by atoms with Gasteiger partial charge in [-0.2, -0.15) is 0 Å². The SMILES string of the molecule is CCC.O=S([O-])N1CCCCC1. The minimum atomic E-state index is -1.97. The quantitative estimate of drug-likeness (QED) is 0.593. The lowest BCUT2D eigenvalue weighted by Crippen LogP contribution is -2.31. The van der Waals surface area contributed by atoms with E-state index in [2.05, 4.69) is 13.8 Å². The van der Waals surface area contributed by atoms with Crippen molar-refractivity contribution >= 4 is 11.3 Å². The molecule has 3 nitrogen and oxygen atoms in total. The van der Waals surface area contributed by atoms with Crippen molar-refractivity contribution in [3.05, 3.63) is 0 Å². The van der Waals surface area contributed by atoms with Gasteiger partial charge >= 0.3 is 0 Å². The summed E-state index contributed by atoms with van der Waals surface area (Å²) < 4.78 is 22.0.